The lowest BCUT2D eigenvalue weighted by atomic mass is 9.95. The van der Waals surface area contributed by atoms with Crippen LogP contribution in [0.1, 0.15) is 35.2 Å². The zero-order chi connectivity index (χ0) is 22.9. The van der Waals surface area contributed by atoms with Gasteiger partial charge in [0.15, 0.2) is 0 Å². The molecular weight excluding hydrogens is 416 g/mol. The number of pyridine rings is 1. The van der Waals surface area contributed by atoms with Gasteiger partial charge in [-0.1, -0.05) is 30.3 Å². The lowest BCUT2D eigenvalue weighted by Gasteiger charge is -2.25. The van der Waals surface area contributed by atoms with Crippen LogP contribution >= 0.6 is 0 Å². The van der Waals surface area contributed by atoms with Gasteiger partial charge in [-0.15, -0.1) is 0 Å². The number of rotatable bonds is 5. The summed E-state index contributed by atoms with van der Waals surface area (Å²) in [7, 11) is 0. The van der Waals surface area contributed by atoms with Crippen LogP contribution in [-0.4, -0.2) is 39.3 Å². The van der Waals surface area contributed by atoms with E-state index in [2.05, 4.69) is 4.98 Å². The molecule has 2 aliphatic rings. The fraction of sp³-hybridized carbons (Fsp3) is 0.222. The van der Waals surface area contributed by atoms with E-state index in [0.29, 0.717) is 18.5 Å². The molecule has 166 valence electrons. The summed E-state index contributed by atoms with van der Waals surface area (Å²) in [6.07, 6.45) is 4.65. The Balaban J connectivity index is 1.56. The third-order valence-corrected chi connectivity index (χ3v) is 6.22. The number of hydrogen-bond acceptors (Lipinski definition) is 5. The Morgan fingerprint density at radius 2 is 1.85 bits per heavy atom. The van der Waals surface area contributed by atoms with Gasteiger partial charge in [0, 0.05) is 30.9 Å². The van der Waals surface area contributed by atoms with Crippen molar-refractivity contribution in [2.24, 2.45) is 0 Å². The molecule has 33 heavy (non-hydrogen) atoms. The van der Waals surface area contributed by atoms with E-state index in [0.717, 1.165) is 28.9 Å². The quantitative estimate of drug-likeness (QED) is 0.368. The van der Waals surface area contributed by atoms with Gasteiger partial charge >= 0.3 is 0 Å². The van der Waals surface area contributed by atoms with Crippen LogP contribution in [-0.2, 0) is 22.4 Å². The minimum Gasteiger partial charge on any atom is -0.507 e. The Hall–Kier alpha value is -3.93. The SMILES string of the molecule is C[C@H]1Cc2cc(/C(O)=C3\C(=O)C(=O)N(CCc4ccccc4)[C@@H]3c3ccncc3)ccc2O1. The largest absolute Gasteiger partial charge is 0.507 e. The first-order chi connectivity index (χ1) is 16.0. The first-order valence-electron chi connectivity index (χ1n) is 11.0. The van der Waals surface area contributed by atoms with E-state index < -0.39 is 17.7 Å². The molecule has 1 N–H and O–H groups in total. The van der Waals surface area contributed by atoms with Crippen molar-refractivity contribution in [2.75, 3.05) is 6.54 Å². The van der Waals surface area contributed by atoms with Gasteiger partial charge in [-0.2, -0.15) is 0 Å². The molecule has 1 saturated heterocycles. The number of amides is 1. The summed E-state index contributed by atoms with van der Waals surface area (Å²) in [6, 6.07) is 18.1. The van der Waals surface area contributed by atoms with E-state index >= 15 is 0 Å². The molecule has 1 fully saturated rings. The van der Waals surface area contributed by atoms with Crippen LogP contribution in [0.2, 0.25) is 0 Å². The molecule has 1 aromatic heterocycles. The second-order valence-corrected chi connectivity index (χ2v) is 8.46. The zero-order valence-corrected chi connectivity index (χ0v) is 18.3. The van der Waals surface area contributed by atoms with Crippen molar-refractivity contribution >= 4 is 17.4 Å². The number of benzene rings is 2. The van der Waals surface area contributed by atoms with E-state index in [1.165, 1.54) is 0 Å². The number of aliphatic hydroxyl groups is 1. The summed E-state index contributed by atoms with van der Waals surface area (Å²) in [5.74, 6) is -0.660. The highest BCUT2D eigenvalue weighted by atomic mass is 16.5. The smallest absolute Gasteiger partial charge is 0.295 e. The highest BCUT2D eigenvalue weighted by Gasteiger charge is 2.45. The number of aromatic nitrogens is 1. The maximum atomic E-state index is 13.2. The first-order valence-corrected chi connectivity index (χ1v) is 11.0. The molecule has 2 aliphatic heterocycles. The van der Waals surface area contributed by atoms with Gasteiger partial charge in [0.2, 0.25) is 0 Å². The molecule has 5 rings (SSSR count). The molecule has 3 heterocycles. The van der Waals surface area contributed by atoms with Crippen LogP contribution in [0, 0.1) is 0 Å². The molecule has 3 aromatic rings. The van der Waals surface area contributed by atoms with E-state index in [9.17, 15) is 14.7 Å². The predicted octanol–water partition coefficient (Wildman–Crippen LogP) is 4.07. The summed E-state index contributed by atoms with van der Waals surface area (Å²) in [5, 5.41) is 11.3. The molecule has 0 saturated carbocycles. The molecule has 0 aliphatic carbocycles. The van der Waals surface area contributed by atoms with Gasteiger partial charge in [-0.05, 0) is 60.4 Å². The Kier molecular flexibility index (Phi) is 5.42. The van der Waals surface area contributed by atoms with Crippen LogP contribution in [0.4, 0.5) is 0 Å². The molecule has 0 bridgehead atoms. The molecular formula is C27H24N2O4. The molecule has 6 nitrogen and oxygen atoms in total. The number of carbonyl (C=O) groups excluding carboxylic acids is 2. The third-order valence-electron chi connectivity index (χ3n) is 6.22. The topological polar surface area (TPSA) is 79.7 Å². The summed E-state index contributed by atoms with van der Waals surface area (Å²) in [5.41, 5.74) is 3.39. The van der Waals surface area contributed by atoms with Crippen molar-refractivity contribution in [3.05, 3.63) is 101 Å². The Bertz CT molecular complexity index is 1240. The van der Waals surface area contributed by atoms with Crippen molar-refractivity contribution in [2.45, 2.75) is 31.9 Å². The lowest BCUT2D eigenvalue weighted by Crippen LogP contribution is -2.31. The number of ketones is 1. The molecule has 1 amide bonds. The highest BCUT2D eigenvalue weighted by molar-refractivity contribution is 6.46. The molecule has 2 aromatic carbocycles. The molecule has 0 unspecified atom stereocenters. The fourth-order valence-corrected chi connectivity index (χ4v) is 4.62. The zero-order valence-electron chi connectivity index (χ0n) is 18.3. The Morgan fingerprint density at radius 1 is 1.09 bits per heavy atom. The Labute approximate surface area is 192 Å². The first kappa shape index (κ1) is 20.9. The van der Waals surface area contributed by atoms with E-state index in [1.807, 2.05) is 43.3 Å². The molecule has 6 heteroatoms. The maximum absolute atomic E-state index is 13.2. The Morgan fingerprint density at radius 3 is 2.61 bits per heavy atom. The van der Waals surface area contributed by atoms with Gasteiger partial charge in [-0.3, -0.25) is 14.6 Å². The maximum Gasteiger partial charge on any atom is 0.295 e. The van der Waals surface area contributed by atoms with Gasteiger partial charge in [0.05, 0.1) is 11.6 Å². The number of ether oxygens (including phenoxy) is 1. The standard InChI is InChI=1S/C27H24N2O4/c1-17-15-21-16-20(7-8-22(21)33-17)25(30)23-24(19-9-12-28-13-10-19)29(27(32)26(23)31)14-11-18-5-3-2-4-6-18/h2-10,12-13,16-17,24,30H,11,14-15H2,1H3/b25-23+/t17-,24+/m0/s1. The summed E-state index contributed by atoms with van der Waals surface area (Å²) in [6.45, 7) is 2.34. The summed E-state index contributed by atoms with van der Waals surface area (Å²) in [4.78, 5) is 31.9. The summed E-state index contributed by atoms with van der Waals surface area (Å²) < 4.78 is 5.75. The number of hydrogen-bond donors (Lipinski definition) is 1. The average molecular weight is 440 g/mol. The van der Waals surface area contributed by atoms with E-state index in [1.54, 1.807) is 41.6 Å². The van der Waals surface area contributed by atoms with Crippen LogP contribution in [0.5, 0.6) is 5.75 Å². The van der Waals surface area contributed by atoms with Crippen molar-refractivity contribution in [3.63, 3.8) is 0 Å². The second-order valence-electron chi connectivity index (χ2n) is 8.46. The predicted molar refractivity (Wildman–Crippen MR) is 124 cm³/mol. The highest BCUT2D eigenvalue weighted by Crippen LogP contribution is 2.40. The monoisotopic (exact) mass is 440 g/mol. The third kappa shape index (κ3) is 3.89. The number of likely N-dealkylation sites (tertiary alicyclic amines) is 1. The lowest BCUT2D eigenvalue weighted by molar-refractivity contribution is -0.139. The number of aliphatic hydroxyl groups excluding tert-OH is 1. The van der Waals surface area contributed by atoms with Gasteiger partial charge in [0.25, 0.3) is 11.7 Å². The van der Waals surface area contributed by atoms with Crippen LogP contribution in [0.15, 0.2) is 78.6 Å². The molecule has 0 spiro atoms. The van der Waals surface area contributed by atoms with Crippen molar-refractivity contribution < 1.29 is 19.4 Å². The van der Waals surface area contributed by atoms with Crippen molar-refractivity contribution in [3.8, 4) is 5.75 Å². The minimum atomic E-state index is -0.680. The van der Waals surface area contributed by atoms with Crippen LogP contribution < -0.4 is 4.74 Å². The number of Topliss-reactive ketones (excluding diaryl/α,β-unsaturated/α-hetero) is 1. The van der Waals surface area contributed by atoms with E-state index in [4.69, 9.17) is 4.74 Å². The molecule has 2 atom stereocenters. The summed E-state index contributed by atoms with van der Waals surface area (Å²) >= 11 is 0. The second kappa shape index (κ2) is 8.54. The average Bonchev–Trinajstić information content (AvgIpc) is 3.34. The molecule has 0 radical (unpaired) electrons. The van der Waals surface area contributed by atoms with Crippen LogP contribution in [0.25, 0.3) is 5.76 Å². The van der Waals surface area contributed by atoms with Crippen LogP contribution in [0.3, 0.4) is 0 Å². The minimum absolute atomic E-state index is 0.0674. The van der Waals surface area contributed by atoms with Gasteiger partial charge in [0.1, 0.15) is 17.6 Å². The van der Waals surface area contributed by atoms with Crippen molar-refractivity contribution in [1.29, 1.82) is 0 Å². The number of carbonyl (C=O) groups is 2. The van der Waals surface area contributed by atoms with E-state index in [-0.39, 0.29) is 17.4 Å². The number of nitrogens with zero attached hydrogens (tertiary/aromatic N) is 2. The fourth-order valence-electron chi connectivity index (χ4n) is 4.62. The van der Waals surface area contributed by atoms with Crippen molar-refractivity contribution in [1.82, 2.24) is 9.88 Å². The number of fused-ring (bicyclic) bond motifs is 1. The normalized spacial score (nSPS) is 21.2. The van der Waals surface area contributed by atoms with Gasteiger partial charge in [-0.25, -0.2) is 0 Å². The van der Waals surface area contributed by atoms with Gasteiger partial charge < -0.3 is 14.7 Å².